The zero-order valence-electron chi connectivity index (χ0n) is 21.9. The smallest absolute Gasteiger partial charge is 0.227 e. The topological polar surface area (TPSA) is 67.9 Å². The molecular weight excluding hydrogens is 452 g/mol. The van der Waals surface area contributed by atoms with E-state index in [1.54, 1.807) is 4.90 Å². The maximum atomic E-state index is 13.2. The molecule has 0 atom stereocenters. The van der Waals surface area contributed by atoms with Crippen molar-refractivity contribution >= 4 is 29.7 Å². The van der Waals surface area contributed by atoms with Crippen molar-refractivity contribution in [1.82, 2.24) is 5.32 Å². The predicted molar refractivity (Wildman–Crippen MR) is 146 cm³/mol. The van der Waals surface area contributed by atoms with Gasteiger partial charge in [0.2, 0.25) is 11.8 Å². The van der Waals surface area contributed by atoms with Gasteiger partial charge in [0, 0.05) is 32.6 Å². The van der Waals surface area contributed by atoms with Gasteiger partial charge in [0.1, 0.15) is 0 Å². The van der Waals surface area contributed by atoms with E-state index in [0.717, 1.165) is 41.8 Å². The van der Waals surface area contributed by atoms with E-state index in [-0.39, 0.29) is 30.1 Å². The number of rotatable bonds is 12. The first-order chi connectivity index (χ1) is 17.3. The van der Waals surface area contributed by atoms with Gasteiger partial charge in [0.05, 0.1) is 25.4 Å². The Bertz CT molecular complexity index is 1030. The molecule has 0 bridgehead atoms. The number of carbonyl (C=O) groups excluding carboxylic acids is 2. The second-order valence-corrected chi connectivity index (χ2v) is 10.3. The number of nitrogens with one attached hydrogen (secondary N) is 1. The van der Waals surface area contributed by atoms with Crippen LogP contribution in [0.3, 0.4) is 0 Å². The molecule has 3 rings (SSSR count). The lowest BCUT2D eigenvalue weighted by atomic mass is 9.93. The van der Waals surface area contributed by atoms with Gasteiger partial charge < -0.3 is 19.7 Å². The average Bonchev–Trinajstić information content (AvgIpc) is 2.84. The van der Waals surface area contributed by atoms with Crippen molar-refractivity contribution in [1.29, 1.82) is 0 Å². The minimum Gasteiger partial charge on any atom is -0.379 e. The first-order valence-electron chi connectivity index (χ1n) is 12.9. The van der Waals surface area contributed by atoms with Gasteiger partial charge >= 0.3 is 0 Å². The van der Waals surface area contributed by atoms with E-state index < -0.39 is 0 Å². The lowest BCUT2D eigenvalue weighted by molar-refractivity contribution is -0.125. The first kappa shape index (κ1) is 27.6. The predicted octanol–water partition coefficient (Wildman–Crippen LogP) is 5.46. The van der Waals surface area contributed by atoms with Gasteiger partial charge in [-0.3, -0.25) is 9.59 Å². The normalized spacial score (nSPS) is 13.8. The molecule has 194 valence electrons. The highest BCUT2D eigenvalue weighted by Crippen LogP contribution is 2.29. The maximum absolute atomic E-state index is 13.2. The van der Waals surface area contributed by atoms with Crippen molar-refractivity contribution in [3.05, 3.63) is 65.2 Å². The van der Waals surface area contributed by atoms with E-state index in [1.165, 1.54) is 0 Å². The third-order valence-corrected chi connectivity index (χ3v) is 6.08. The van der Waals surface area contributed by atoms with Gasteiger partial charge in [0.15, 0.2) is 0 Å². The number of hydrogen-bond acceptors (Lipinski definition) is 4. The highest BCUT2D eigenvalue weighted by Gasteiger charge is 2.21. The molecule has 6 heteroatoms. The fourth-order valence-electron chi connectivity index (χ4n) is 3.92. The van der Waals surface area contributed by atoms with Crippen molar-refractivity contribution in [3.8, 4) is 0 Å². The van der Waals surface area contributed by atoms with Crippen LogP contribution >= 0.6 is 0 Å². The fraction of sp³-hybridized carbons (Fsp3) is 0.467. The third-order valence-electron chi connectivity index (χ3n) is 6.08. The largest absolute Gasteiger partial charge is 0.379 e. The van der Waals surface area contributed by atoms with Crippen molar-refractivity contribution in [2.75, 3.05) is 37.9 Å². The summed E-state index contributed by atoms with van der Waals surface area (Å²) in [6.07, 6.45) is 6.21. The lowest BCUT2D eigenvalue weighted by Crippen LogP contribution is -2.33. The second-order valence-electron chi connectivity index (χ2n) is 10.3. The summed E-state index contributed by atoms with van der Waals surface area (Å²) in [5.74, 6) is -0.174. The van der Waals surface area contributed by atoms with Crippen LogP contribution in [0.4, 0.5) is 5.69 Å². The van der Waals surface area contributed by atoms with Gasteiger partial charge in [-0.05, 0) is 41.0 Å². The highest BCUT2D eigenvalue weighted by molar-refractivity contribution is 5.98. The van der Waals surface area contributed by atoms with Crippen LogP contribution in [0.15, 0.2) is 48.5 Å². The van der Waals surface area contributed by atoms with Crippen LogP contribution < -0.4 is 10.2 Å². The van der Waals surface area contributed by atoms with Crippen LogP contribution in [0.25, 0.3) is 12.2 Å². The molecule has 0 aromatic heterocycles. The summed E-state index contributed by atoms with van der Waals surface area (Å²) >= 11 is 0. The number of fused-ring (bicyclic) bond motifs is 2. The molecule has 0 radical (unpaired) electrons. The molecule has 1 aliphatic heterocycles. The lowest BCUT2D eigenvalue weighted by Gasteiger charge is -2.27. The van der Waals surface area contributed by atoms with Gasteiger partial charge in [-0.25, -0.2) is 0 Å². The highest BCUT2D eigenvalue weighted by atomic mass is 16.5. The summed E-state index contributed by atoms with van der Waals surface area (Å²) in [7, 11) is 0. The molecule has 6 nitrogen and oxygen atoms in total. The van der Waals surface area contributed by atoms with Gasteiger partial charge in [-0.15, -0.1) is 0 Å². The van der Waals surface area contributed by atoms with Crippen molar-refractivity contribution in [2.45, 2.75) is 53.0 Å². The number of benzene rings is 2. The number of ether oxygens (including phenoxy) is 2. The van der Waals surface area contributed by atoms with Crippen LogP contribution in [0, 0.1) is 5.41 Å². The van der Waals surface area contributed by atoms with Crippen LogP contribution in [0.2, 0.25) is 0 Å². The summed E-state index contributed by atoms with van der Waals surface area (Å²) < 4.78 is 11.1. The van der Waals surface area contributed by atoms with Gasteiger partial charge in [-0.1, -0.05) is 75.4 Å². The van der Waals surface area contributed by atoms with Gasteiger partial charge in [0.25, 0.3) is 0 Å². The molecule has 0 spiro atoms. The summed E-state index contributed by atoms with van der Waals surface area (Å²) in [4.78, 5) is 27.3. The molecule has 0 aliphatic carbocycles. The quantitative estimate of drug-likeness (QED) is 0.400. The van der Waals surface area contributed by atoms with Crippen LogP contribution in [0.1, 0.15) is 63.1 Å². The standard InChI is InChI=1S/C30H40N2O4/c1-30(2,3)17-20-36-22-21-35-19-8-18-31-28(33)15-16-29(34)32-23-26-11-5-4-9-24(26)13-14-25-10-6-7-12-27(25)32/h4-7,9-14H,8,15-23H2,1-3H3,(H,31,33)/b14-13-. The van der Waals surface area contributed by atoms with E-state index in [9.17, 15) is 9.59 Å². The Morgan fingerprint density at radius 1 is 0.861 bits per heavy atom. The SMILES string of the molecule is CC(C)(C)CCOCCOCCCNC(=O)CCC(=O)N1Cc2ccccc2/C=C\c2ccccc21. The molecule has 1 N–H and O–H groups in total. The summed E-state index contributed by atoms with van der Waals surface area (Å²) in [5.41, 5.74) is 4.32. The van der Waals surface area contributed by atoms with E-state index in [0.29, 0.717) is 32.9 Å². The number of amides is 2. The minimum absolute atomic E-state index is 0.0579. The van der Waals surface area contributed by atoms with Crippen LogP contribution in [-0.4, -0.2) is 44.8 Å². The average molecular weight is 493 g/mol. The van der Waals surface area contributed by atoms with Crippen molar-refractivity contribution < 1.29 is 19.1 Å². The molecule has 0 saturated heterocycles. The van der Waals surface area contributed by atoms with Crippen LogP contribution in [0.5, 0.6) is 0 Å². The summed E-state index contributed by atoms with van der Waals surface area (Å²) in [5, 5.41) is 2.89. The van der Waals surface area contributed by atoms with Crippen LogP contribution in [-0.2, 0) is 25.6 Å². The second kappa shape index (κ2) is 14.0. The molecule has 2 amide bonds. The van der Waals surface area contributed by atoms with E-state index in [2.05, 4.69) is 38.2 Å². The third kappa shape index (κ3) is 9.25. The number of anilines is 1. The summed E-state index contributed by atoms with van der Waals surface area (Å²) in [6, 6.07) is 16.0. The molecule has 0 fully saturated rings. The van der Waals surface area contributed by atoms with E-state index in [4.69, 9.17) is 9.47 Å². The Labute approximate surface area is 215 Å². The van der Waals surface area contributed by atoms with E-state index in [1.807, 2.05) is 48.5 Å². The van der Waals surface area contributed by atoms with Gasteiger partial charge in [-0.2, -0.15) is 0 Å². The van der Waals surface area contributed by atoms with Crippen molar-refractivity contribution in [2.24, 2.45) is 5.41 Å². The number of carbonyl (C=O) groups is 2. The molecular formula is C30H40N2O4. The number of para-hydroxylation sites is 1. The molecule has 36 heavy (non-hydrogen) atoms. The Hall–Kier alpha value is -2.96. The Morgan fingerprint density at radius 2 is 1.53 bits per heavy atom. The van der Waals surface area contributed by atoms with E-state index >= 15 is 0 Å². The monoisotopic (exact) mass is 492 g/mol. The molecule has 2 aromatic carbocycles. The Balaban J connectivity index is 1.38. The Kier molecular flexibility index (Phi) is 10.7. The summed E-state index contributed by atoms with van der Waals surface area (Å²) in [6.45, 7) is 10.1. The Morgan fingerprint density at radius 3 is 2.31 bits per heavy atom. The number of hydrogen-bond donors (Lipinski definition) is 1. The number of nitrogens with zero attached hydrogens (tertiary/aromatic N) is 1. The zero-order valence-corrected chi connectivity index (χ0v) is 21.9. The molecule has 1 heterocycles. The molecule has 0 unspecified atom stereocenters. The molecule has 2 aromatic rings. The zero-order chi connectivity index (χ0) is 25.8. The maximum Gasteiger partial charge on any atom is 0.227 e. The molecule has 1 aliphatic rings. The first-order valence-corrected chi connectivity index (χ1v) is 12.9. The van der Waals surface area contributed by atoms with Crippen molar-refractivity contribution in [3.63, 3.8) is 0 Å². The fourth-order valence-corrected chi connectivity index (χ4v) is 3.92. The minimum atomic E-state index is -0.116. The molecule has 0 saturated carbocycles.